The Morgan fingerprint density at radius 2 is 2.30 bits per heavy atom. The van der Waals surface area contributed by atoms with Gasteiger partial charge in [-0.25, -0.2) is 13.6 Å². The fraction of sp³-hybridized carbons (Fsp3) is 0.200. The normalized spacial score (nSPS) is 11.7. The van der Waals surface area contributed by atoms with Crippen LogP contribution in [0.2, 0.25) is 0 Å². The van der Waals surface area contributed by atoms with Crippen molar-refractivity contribution in [3.8, 4) is 0 Å². The molecule has 3 nitrogen and oxygen atoms in total. The lowest BCUT2D eigenvalue weighted by molar-refractivity contribution is 0.597. The van der Waals surface area contributed by atoms with Gasteiger partial charge in [0.25, 0.3) is 0 Å². The monoisotopic (exact) mass is 177 g/mol. The molecule has 10 heavy (non-hydrogen) atoms. The molecule has 0 atom stereocenters. The average molecular weight is 177 g/mol. The molecule has 1 aromatic rings. The standard InChI is InChI=1S/C5H7NO2S2/c6-10(7,8)4-5-1-2-9-3-5/h1-3H,4H2,(H2,6,7,8). The zero-order valence-corrected chi connectivity index (χ0v) is 6.78. The summed E-state index contributed by atoms with van der Waals surface area (Å²) in [6.07, 6.45) is 0. The summed E-state index contributed by atoms with van der Waals surface area (Å²) >= 11 is 1.46. The van der Waals surface area contributed by atoms with Crippen LogP contribution in [0.15, 0.2) is 16.8 Å². The molecular formula is C5H7NO2S2. The van der Waals surface area contributed by atoms with Gasteiger partial charge in [-0.2, -0.15) is 11.3 Å². The molecule has 56 valence electrons. The number of hydrogen-bond donors (Lipinski definition) is 1. The molecule has 0 bridgehead atoms. The summed E-state index contributed by atoms with van der Waals surface area (Å²) in [5, 5.41) is 8.39. The first-order valence-corrected chi connectivity index (χ1v) is 5.25. The van der Waals surface area contributed by atoms with E-state index in [2.05, 4.69) is 0 Å². The van der Waals surface area contributed by atoms with Gasteiger partial charge >= 0.3 is 0 Å². The van der Waals surface area contributed by atoms with Crippen LogP contribution in [0.4, 0.5) is 0 Å². The van der Waals surface area contributed by atoms with Crippen molar-refractivity contribution in [2.24, 2.45) is 5.14 Å². The van der Waals surface area contributed by atoms with Crippen LogP contribution in [0.1, 0.15) is 5.56 Å². The highest BCUT2D eigenvalue weighted by Crippen LogP contribution is 2.07. The molecule has 0 fully saturated rings. The SMILES string of the molecule is NS(=O)(=O)Cc1ccsc1. The van der Waals surface area contributed by atoms with E-state index in [1.54, 1.807) is 11.4 Å². The van der Waals surface area contributed by atoms with Crippen molar-refractivity contribution in [3.05, 3.63) is 22.4 Å². The predicted molar refractivity (Wildman–Crippen MR) is 41.1 cm³/mol. The van der Waals surface area contributed by atoms with Crippen molar-refractivity contribution < 1.29 is 8.42 Å². The van der Waals surface area contributed by atoms with Gasteiger partial charge in [-0.1, -0.05) is 0 Å². The van der Waals surface area contributed by atoms with Crippen molar-refractivity contribution >= 4 is 21.4 Å². The maximum atomic E-state index is 10.5. The minimum Gasteiger partial charge on any atom is -0.228 e. The van der Waals surface area contributed by atoms with Gasteiger partial charge in [-0.3, -0.25) is 0 Å². The lowest BCUT2D eigenvalue weighted by Gasteiger charge is -1.91. The summed E-state index contributed by atoms with van der Waals surface area (Å²) in [5.74, 6) is -0.0590. The van der Waals surface area contributed by atoms with E-state index in [0.29, 0.717) is 0 Å². The van der Waals surface area contributed by atoms with Crippen LogP contribution in [0, 0.1) is 0 Å². The van der Waals surface area contributed by atoms with Gasteiger partial charge in [0.15, 0.2) is 0 Å². The van der Waals surface area contributed by atoms with Gasteiger partial charge in [0.2, 0.25) is 10.0 Å². The first-order valence-electron chi connectivity index (χ1n) is 2.59. The van der Waals surface area contributed by atoms with E-state index >= 15 is 0 Å². The number of nitrogens with two attached hydrogens (primary N) is 1. The molecule has 1 rings (SSSR count). The van der Waals surface area contributed by atoms with E-state index in [-0.39, 0.29) is 5.75 Å². The molecule has 1 heterocycles. The highest BCUT2D eigenvalue weighted by atomic mass is 32.2. The van der Waals surface area contributed by atoms with Crippen LogP contribution in [0.3, 0.4) is 0 Å². The van der Waals surface area contributed by atoms with Crippen LogP contribution in [0.25, 0.3) is 0 Å². The van der Waals surface area contributed by atoms with Crippen molar-refractivity contribution in [3.63, 3.8) is 0 Å². The van der Waals surface area contributed by atoms with Crippen molar-refractivity contribution in [1.29, 1.82) is 0 Å². The third-order valence-corrected chi connectivity index (χ3v) is 2.42. The topological polar surface area (TPSA) is 60.2 Å². The van der Waals surface area contributed by atoms with Gasteiger partial charge < -0.3 is 0 Å². The molecule has 0 amide bonds. The second-order valence-electron chi connectivity index (χ2n) is 1.94. The Balaban J connectivity index is 2.75. The zero-order valence-electron chi connectivity index (χ0n) is 5.15. The highest BCUT2D eigenvalue weighted by molar-refractivity contribution is 7.88. The molecule has 0 unspecified atom stereocenters. The predicted octanol–water partition coefficient (Wildman–Crippen LogP) is 0.537. The molecule has 0 aliphatic rings. The fourth-order valence-corrected chi connectivity index (χ4v) is 2.03. The zero-order chi connectivity index (χ0) is 7.61. The molecule has 1 aromatic heterocycles. The Morgan fingerprint density at radius 1 is 1.60 bits per heavy atom. The van der Waals surface area contributed by atoms with Crippen LogP contribution < -0.4 is 5.14 Å². The minimum atomic E-state index is -3.34. The van der Waals surface area contributed by atoms with Crippen LogP contribution in [0.5, 0.6) is 0 Å². The van der Waals surface area contributed by atoms with Crippen LogP contribution >= 0.6 is 11.3 Å². The number of hydrogen-bond acceptors (Lipinski definition) is 3. The summed E-state index contributed by atoms with van der Waals surface area (Å²) in [6.45, 7) is 0. The summed E-state index contributed by atoms with van der Waals surface area (Å²) in [7, 11) is -3.34. The highest BCUT2D eigenvalue weighted by Gasteiger charge is 2.03. The van der Waals surface area contributed by atoms with Crippen molar-refractivity contribution in [2.75, 3.05) is 0 Å². The quantitative estimate of drug-likeness (QED) is 0.716. The summed E-state index contributed by atoms with van der Waals surface area (Å²) in [5.41, 5.74) is 0.757. The molecule has 0 aliphatic heterocycles. The molecule has 0 aromatic carbocycles. The lowest BCUT2D eigenvalue weighted by Crippen LogP contribution is -2.13. The number of rotatable bonds is 2. The van der Waals surface area contributed by atoms with Gasteiger partial charge in [-0.15, -0.1) is 0 Å². The summed E-state index contributed by atoms with van der Waals surface area (Å²) in [6, 6.07) is 1.75. The Morgan fingerprint density at radius 3 is 2.70 bits per heavy atom. The first-order chi connectivity index (χ1) is 4.58. The maximum absolute atomic E-state index is 10.5. The Bertz CT molecular complexity index is 287. The largest absolute Gasteiger partial charge is 0.228 e. The minimum absolute atomic E-state index is 0.0590. The van der Waals surface area contributed by atoms with Crippen LogP contribution in [-0.2, 0) is 15.8 Å². The Labute approximate surface area is 63.5 Å². The first kappa shape index (κ1) is 7.71. The molecule has 0 spiro atoms. The lowest BCUT2D eigenvalue weighted by atomic mass is 10.4. The molecular weight excluding hydrogens is 170 g/mol. The summed E-state index contributed by atoms with van der Waals surface area (Å²) in [4.78, 5) is 0. The number of sulfonamides is 1. The van der Waals surface area contributed by atoms with Gasteiger partial charge in [0.05, 0.1) is 5.75 Å². The second kappa shape index (κ2) is 2.69. The Kier molecular flexibility index (Phi) is 2.08. The van der Waals surface area contributed by atoms with Crippen molar-refractivity contribution in [1.82, 2.24) is 0 Å². The number of thiophene rings is 1. The third-order valence-electron chi connectivity index (χ3n) is 0.948. The van der Waals surface area contributed by atoms with E-state index in [4.69, 9.17) is 5.14 Å². The third kappa shape index (κ3) is 2.47. The van der Waals surface area contributed by atoms with Gasteiger partial charge in [0, 0.05) is 0 Å². The number of primary sulfonamides is 1. The van der Waals surface area contributed by atoms with E-state index in [9.17, 15) is 8.42 Å². The Hall–Kier alpha value is -0.390. The van der Waals surface area contributed by atoms with Gasteiger partial charge in [-0.05, 0) is 22.4 Å². The molecule has 0 aliphatic carbocycles. The smallest absolute Gasteiger partial charge is 0.213 e. The van der Waals surface area contributed by atoms with Gasteiger partial charge in [0.1, 0.15) is 0 Å². The maximum Gasteiger partial charge on any atom is 0.213 e. The second-order valence-corrected chi connectivity index (χ2v) is 4.33. The fourth-order valence-electron chi connectivity index (χ4n) is 0.607. The van der Waals surface area contributed by atoms with E-state index in [1.165, 1.54) is 11.3 Å². The molecule has 0 radical (unpaired) electrons. The molecule has 0 saturated heterocycles. The molecule has 0 saturated carbocycles. The van der Waals surface area contributed by atoms with Crippen LogP contribution in [-0.4, -0.2) is 8.42 Å². The van der Waals surface area contributed by atoms with E-state index in [1.807, 2.05) is 5.38 Å². The van der Waals surface area contributed by atoms with E-state index in [0.717, 1.165) is 5.56 Å². The molecule has 2 N–H and O–H groups in total. The summed E-state index contributed by atoms with van der Waals surface area (Å²) < 4.78 is 21.0. The average Bonchev–Trinajstić information content (AvgIpc) is 2.12. The van der Waals surface area contributed by atoms with E-state index < -0.39 is 10.0 Å². The van der Waals surface area contributed by atoms with Crippen molar-refractivity contribution in [2.45, 2.75) is 5.75 Å². The molecule has 5 heteroatoms.